The van der Waals surface area contributed by atoms with Crippen molar-refractivity contribution in [3.05, 3.63) is 0 Å². The van der Waals surface area contributed by atoms with Crippen LogP contribution in [0.3, 0.4) is 0 Å². The van der Waals surface area contributed by atoms with Crippen LogP contribution in [-0.4, -0.2) is 42.2 Å². The van der Waals surface area contributed by atoms with Gasteiger partial charge in [-0.1, -0.05) is 0 Å². The number of hydrogen-bond donors (Lipinski definition) is 0. The molecule has 0 aromatic rings. The molecule has 40 valence electrons. The van der Waals surface area contributed by atoms with Crippen molar-refractivity contribution < 1.29 is 0 Å². The Morgan fingerprint density at radius 1 is 1.57 bits per heavy atom. The molecule has 0 aromatic heterocycles. The van der Waals surface area contributed by atoms with Gasteiger partial charge in [0.2, 0.25) is 0 Å². The average Bonchev–Trinajstić information content (AvgIpc) is 1.65. The molecule has 0 heterocycles. The van der Waals surface area contributed by atoms with Crippen molar-refractivity contribution in [1.82, 2.24) is 4.90 Å². The summed E-state index contributed by atoms with van der Waals surface area (Å²) in [6.07, 6.45) is 1.27. The quantitative estimate of drug-likeness (QED) is 0.524. The molecule has 0 N–H and O–H groups in total. The van der Waals surface area contributed by atoms with Crippen LogP contribution in [0.15, 0.2) is 0 Å². The molecule has 0 aliphatic carbocycles. The molecule has 0 aliphatic heterocycles. The molecule has 0 saturated carbocycles. The van der Waals surface area contributed by atoms with E-state index in [1.54, 1.807) is 0 Å². The van der Waals surface area contributed by atoms with E-state index in [1.807, 2.05) is 18.6 Å². The van der Waals surface area contributed by atoms with Crippen LogP contribution in [0.4, 0.5) is 0 Å². The van der Waals surface area contributed by atoms with E-state index in [4.69, 9.17) is 0 Å². The molecule has 7 heavy (non-hydrogen) atoms. The fourth-order valence-electron chi connectivity index (χ4n) is 0.365. The molecular formula is C5H12GaN. The number of hydrogen-bond acceptors (Lipinski definition) is 1. The summed E-state index contributed by atoms with van der Waals surface area (Å²) in [7, 11) is 4.24. The Balaban J connectivity index is 3.14. The summed E-state index contributed by atoms with van der Waals surface area (Å²) >= 11 is 1.81. The van der Waals surface area contributed by atoms with Gasteiger partial charge in [0.25, 0.3) is 0 Å². The minimum absolute atomic E-state index is 0.799. The summed E-state index contributed by atoms with van der Waals surface area (Å²) in [5, 5.41) is 0. The van der Waals surface area contributed by atoms with Crippen LogP contribution in [0.1, 0.15) is 13.3 Å². The Labute approximate surface area is 56.0 Å². The molecule has 0 rings (SSSR count). The first kappa shape index (κ1) is 7.60. The molecule has 0 saturated heterocycles. The molecular weight excluding hydrogens is 144 g/mol. The molecule has 0 spiro atoms. The van der Waals surface area contributed by atoms with E-state index >= 15 is 0 Å². The average molecular weight is 156 g/mol. The van der Waals surface area contributed by atoms with E-state index < -0.39 is 0 Å². The van der Waals surface area contributed by atoms with Crippen LogP contribution in [0, 0.1) is 0 Å². The zero-order valence-corrected chi connectivity index (χ0v) is 7.73. The van der Waals surface area contributed by atoms with E-state index in [0.29, 0.717) is 0 Å². The molecule has 0 amide bonds. The molecule has 0 bridgehead atoms. The van der Waals surface area contributed by atoms with E-state index in [0.717, 1.165) is 4.60 Å². The third-order valence-corrected chi connectivity index (χ3v) is 3.32. The summed E-state index contributed by atoms with van der Waals surface area (Å²) < 4.78 is 0.799. The van der Waals surface area contributed by atoms with Crippen molar-refractivity contribution in [2.75, 3.05) is 14.1 Å². The van der Waals surface area contributed by atoms with Crippen molar-refractivity contribution in [3.8, 4) is 0 Å². The monoisotopic (exact) mass is 155 g/mol. The third kappa shape index (κ3) is 3.20. The molecule has 1 nitrogen and oxygen atoms in total. The van der Waals surface area contributed by atoms with Crippen LogP contribution in [0.5, 0.6) is 0 Å². The minimum atomic E-state index is 0.799. The van der Waals surface area contributed by atoms with Crippen LogP contribution in [-0.2, 0) is 0 Å². The number of nitrogens with zero attached hydrogens (tertiary/aromatic N) is 1. The summed E-state index contributed by atoms with van der Waals surface area (Å²) in [6.45, 7) is 2.21. The van der Waals surface area contributed by atoms with Crippen molar-refractivity contribution >= 4 is 18.6 Å². The Morgan fingerprint density at radius 3 is 2.00 bits per heavy atom. The van der Waals surface area contributed by atoms with Crippen LogP contribution >= 0.6 is 0 Å². The Hall–Kier alpha value is 0.596. The summed E-state index contributed by atoms with van der Waals surface area (Å²) in [5.41, 5.74) is 0. The Morgan fingerprint density at radius 2 is 2.00 bits per heavy atom. The van der Waals surface area contributed by atoms with E-state index in [9.17, 15) is 0 Å². The van der Waals surface area contributed by atoms with Gasteiger partial charge < -0.3 is 0 Å². The first-order valence-electron chi connectivity index (χ1n) is 2.60. The maximum absolute atomic E-state index is 2.25. The molecule has 2 radical (unpaired) electrons. The molecule has 1 atom stereocenters. The topological polar surface area (TPSA) is 3.24 Å². The zero-order chi connectivity index (χ0) is 5.86. The maximum atomic E-state index is 2.25. The number of rotatable bonds is 2. The van der Waals surface area contributed by atoms with Gasteiger partial charge in [0.1, 0.15) is 0 Å². The van der Waals surface area contributed by atoms with Crippen LogP contribution < -0.4 is 0 Å². The predicted octanol–water partition coefficient (Wildman–Crippen LogP) is 0.453. The summed E-state index contributed by atoms with van der Waals surface area (Å²) in [5.74, 6) is 0. The SMILES string of the molecule is CC[CH]([Ga])N(C)C. The van der Waals surface area contributed by atoms with Gasteiger partial charge in [-0.15, -0.1) is 0 Å². The van der Waals surface area contributed by atoms with Crippen molar-refractivity contribution in [2.45, 2.75) is 17.9 Å². The third-order valence-electron chi connectivity index (χ3n) is 1.08. The fourth-order valence-corrected chi connectivity index (χ4v) is 0.365. The molecule has 0 aliphatic rings. The molecule has 1 unspecified atom stereocenters. The first-order chi connectivity index (χ1) is 3.18. The predicted molar refractivity (Wildman–Crippen MR) is 33.5 cm³/mol. The van der Waals surface area contributed by atoms with Crippen LogP contribution in [0.25, 0.3) is 0 Å². The van der Waals surface area contributed by atoms with Gasteiger partial charge in [-0.2, -0.15) is 0 Å². The van der Waals surface area contributed by atoms with Crippen molar-refractivity contribution in [1.29, 1.82) is 0 Å². The summed E-state index contributed by atoms with van der Waals surface area (Å²) in [4.78, 5) is 2.25. The van der Waals surface area contributed by atoms with E-state index in [-0.39, 0.29) is 0 Å². The normalized spacial score (nSPS) is 14.9. The second kappa shape index (κ2) is 3.58. The zero-order valence-electron chi connectivity index (χ0n) is 5.31. The summed E-state index contributed by atoms with van der Waals surface area (Å²) in [6, 6.07) is 0. The van der Waals surface area contributed by atoms with E-state index in [2.05, 4.69) is 25.9 Å². The first-order valence-corrected chi connectivity index (χ1v) is 4.00. The molecule has 2 heteroatoms. The second-order valence-electron chi connectivity index (χ2n) is 1.94. The van der Waals surface area contributed by atoms with Gasteiger partial charge in [-0.05, 0) is 0 Å². The van der Waals surface area contributed by atoms with Gasteiger partial charge in [0.15, 0.2) is 0 Å². The molecule has 0 aromatic carbocycles. The standard InChI is InChI=1S/C5H12N.Ga/c1-4-5-6(2)3;/h5H,4H2,1-3H3;. The van der Waals surface area contributed by atoms with Crippen LogP contribution in [0.2, 0.25) is 0 Å². The van der Waals surface area contributed by atoms with Crippen molar-refractivity contribution in [3.63, 3.8) is 0 Å². The molecule has 0 fully saturated rings. The van der Waals surface area contributed by atoms with Gasteiger partial charge in [0.05, 0.1) is 0 Å². The van der Waals surface area contributed by atoms with E-state index in [1.165, 1.54) is 6.42 Å². The second-order valence-corrected chi connectivity index (χ2v) is 3.55. The van der Waals surface area contributed by atoms with Gasteiger partial charge in [-0.3, -0.25) is 0 Å². The fraction of sp³-hybridized carbons (Fsp3) is 1.00. The van der Waals surface area contributed by atoms with Gasteiger partial charge in [0, 0.05) is 0 Å². The van der Waals surface area contributed by atoms with Crippen molar-refractivity contribution in [2.24, 2.45) is 0 Å². The van der Waals surface area contributed by atoms with Gasteiger partial charge >= 0.3 is 55.5 Å². The van der Waals surface area contributed by atoms with Gasteiger partial charge in [-0.25, -0.2) is 0 Å². The Kier molecular flexibility index (Phi) is 3.89. The Bertz CT molecular complexity index is 45.3.